The maximum Gasteiger partial charge on any atom is 0.258 e. The van der Waals surface area contributed by atoms with E-state index < -0.39 is 11.6 Å². The van der Waals surface area contributed by atoms with Crippen LogP contribution in [0.4, 0.5) is 18.9 Å². The molecular formula is C23H23F3N2O. The van der Waals surface area contributed by atoms with Crippen molar-refractivity contribution in [3.8, 4) is 0 Å². The second-order valence-corrected chi connectivity index (χ2v) is 8.71. The predicted octanol–water partition coefficient (Wildman–Crippen LogP) is 4.51. The molecule has 0 radical (unpaired) electrons. The van der Waals surface area contributed by atoms with Crippen LogP contribution < -0.4 is 4.90 Å². The van der Waals surface area contributed by atoms with Gasteiger partial charge in [-0.3, -0.25) is 4.79 Å². The summed E-state index contributed by atoms with van der Waals surface area (Å²) in [5, 5.41) is 0. The highest BCUT2D eigenvalue weighted by atomic mass is 19.2. The molecule has 0 aromatic heterocycles. The molecule has 2 aliphatic heterocycles. The van der Waals surface area contributed by atoms with Gasteiger partial charge in [0.25, 0.3) is 5.91 Å². The molecule has 2 aromatic rings. The first-order valence-corrected chi connectivity index (χ1v) is 10.2. The predicted molar refractivity (Wildman–Crippen MR) is 105 cm³/mol. The first-order chi connectivity index (χ1) is 13.9. The average Bonchev–Trinajstić information content (AvgIpc) is 3.48. The number of hydrogen-bond donors (Lipinski definition) is 0. The summed E-state index contributed by atoms with van der Waals surface area (Å²) in [4.78, 5) is 17.2. The topological polar surface area (TPSA) is 23.6 Å². The number of halogens is 3. The minimum atomic E-state index is -1.04. The molecule has 1 spiro atoms. The maximum absolute atomic E-state index is 14.1. The van der Waals surface area contributed by atoms with Crippen LogP contribution in [0.25, 0.3) is 0 Å². The lowest BCUT2D eigenvalue weighted by Crippen LogP contribution is -2.46. The van der Waals surface area contributed by atoms with E-state index in [0.717, 1.165) is 56.1 Å². The van der Waals surface area contributed by atoms with Crippen LogP contribution in [-0.2, 0) is 5.41 Å². The molecule has 6 heteroatoms. The third kappa shape index (κ3) is 3.33. The van der Waals surface area contributed by atoms with Gasteiger partial charge in [-0.2, -0.15) is 0 Å². The molecule has 152 valence electrons. The van der Waals surface area contributed by atoms with Crippen LogP contribution in [0, 0.1) is 23.4 Å². The Bertz CT molecular complexity index is 965. The molecule has 3 nitrogen and oxygen atoms in total. The van der Waals surface area contributed by atoms with Crippen molar-refractivity contribution >= 4 is 11.6 Å². The Hall–Kier alpha value is -2.34. The summed E-state index contributed by atoms with van der Waals surface area (Å²) < 4.78 is 41.1. The number of nitrogens with zero attached hydrogens (tertiary/aromatic N) is 2. The fraction of sp³-hybridized carbons (Fsp3) is 0.435. The Morgan fingerprint density at radius 2 is 1.76 bits per heavy atom. The maximum atomic E-state index is 14.1. The molecule has 3 aliphatic rings. The monoisotopic (exact) mass is 400 g/mol. The van der Waals surface area contributed by atoms with Crippen molar-refractivity contribution in [1.82, 2.24) is 4.90 Å². The van der Waals surface area contributed by atoms with Crippen molar-refractivity contribution in [2.24, 2.45) is 5.92 Å². The number of amides is 1. The summed E-state index contributed by atoms with van der Waals surface area (Å²) in [6.07, 6.45) is 4.34. The molecule has 29 heavy (non-hydrogen) atoms. The van der Waals surface area contributed by atoms with Gasteiger partial charge in [0, 0.05) is 29.8 Å². The van der Waals surface area contributed by atoms with Gasteiger partial charge in [0.05, 0.1) is 0 Å². The number of likely N-dealkylation sites (tertiary alicyclic amines) is 1. The molecule has 1 aliphatic carbocycles. The first-order valence-electron chi connectivity index (χ1n) is 10.2. The third-order valence-corrected chi connectivity index (χ3v) is 6.72. The Morgan fingerprint density at radius 1 is 1.00 bits per heavy atom. The number of piperidine rings is 1. The van der Waals surface area contributed by atoms with Crippen molar-refractivity contribution in [3.63, 3.8) is 0 Å². The highest BCUT2D eigenvalue weighted by Gasteiger charge is 2.47. The minimum absolute atomic E-state index is 0.0994. The molecule has 0 atom stereocenters. The smallest absolute Gasteiger partial charge is 0.258 e. The van der Waals surface area contributed by atoms with E-state index >= 15 is 0 Å². The van der Waals surface area contributed by atoms with Crippen LogP contribution in [0.5, 0.6) is 0 Å². The number of benzene rings is 2. The fourth-order valence-electron chi connectivity index (χ4n) is 4.86. The van der Waals surface area contributed by atoms with E-state index in [0.29, 0.717) is 12.2 Å². The molecule has 1 saturated carbocycles. The molecule has 1 amide bonds. The fourth-order valence-corrected chi connectivity index (χ4v) is 4.86. The molecular weight excluding hydrogens is 377 g/mol. The third-order valence-electron chi connectivity index (χ3n) is 6.72. The van der Waals surface area contributed by atoms with Gasteiger partial charge in [-0.25, -0.2) is 13.2 Å². The van der Waals surface area contributed by atoms with Crippen molar-refractivity contribution in [1.29, 1.82) is 0 Å². The molecule has 2 heterocycles. The van der Waals surface area contributed by atoms with Crippen molar-refractivity contribution < 1.29 is 18.0 Å². The van der Waals surface area contributed by atoms with Crippen LogP contribution in [0.15, 0.2) is 36.4 Å². The first kappa shape index (κ1) is 18.7. The molecule has 2 fully saturated rings. The second-order valence-electron chi connectivity index (χ2n) is 8.71. The van der Waals surface area contributed by atoms with Gasteiger partial charge in [-0.15, -0.1) is 0 Å². The van der Waals surface area contributed by atoms with E-state index in [1.165, 1.54) is 25.0 Å². The molecule has 0 unspecified atom stereocenters. The van der Waals surface area contributed by atoms with Crippen molar-refractivity contribution in [2.45, 2.75) is 31.1 Å². The number of rotatable bonds is 3. The van der Waals surface area contributed by atoms with Gasteiger partial charge in [0.15, 0.2) is 11.6 Å². The lowest BCUT2D eigenvalue weighted by molar-refractivity contribution is 0.0975. The zero-order valence-electron chi connectivity index (χ0n) is 16.1. The van der Waals surface area contributed by atoms with Crippen molar-refractivity contribution in [3.05, 3.63) is 65.0 Å². The summed E-state index contributed by atoms with van der Waals surface area (Å²) >= 11 is 0. The largest absolute Gasteiger partial charge is 0.307 e. The van der Waals surface area contributed by atoms with Gasteiger partial charge in [-0.05, 0) is 86.7 Å². The quantitative estimate of drug-likeness (QED) is 0.757. The Labute approximate surface area is 168 Å². The normalized spacial score (nSPS) is 20.9. The summed E-state index contributed by atoms with van der Waals surface area (Å²) in [6, 6.07) is 7.73. The lowest BCUT2D eigenvalue weighted by atomic mass is 9.74. The SMILES string of the molecule is O=C(c1ccc(F)c(F)c1)N1CC2(CCN(CC3CC3)CC2)c2cc(F)ccc21. The highest BCUT2D eigenvalue weighted by Crippen LogP contribution is 2.48. The summed E-state index contributed by atoms with van der Waals surface area (Å²) in [7, 11) is 0. The van der Waals surface area contributed by atoms with E-state index in [1.54, 1.807) is 17.0 Å². The van der Waals surface area contributed by atoms with Gasteiger partial charge < -0.3 is 9.80 Å². The lowest BCUT2D eigenvalue weighted by Gasteiger charge is -2.40. The van der Waals surface area contributed by atoms with Gasteiger partial charge >= 0.3 is 0 Å². The van der Waals surface area contributed by atoms with Crippen LogP contribution in [0.1, 0.15) is 41.6 Å². The van der Waals surface area contributed by atoms with Crippen molar-refractivity contribution in [2.75, 3.05) is 31.1 Å². The minimum Gasteiger partial charge on any atom is -0.307 e. The second kappa shape index (κ2) is 6.87. The Kier molecular flexibility index (Phi) is 4.42. The van der Waals surface area contributed by atoms with E-state index in [1.807, 2.05) is 0 Å². The van der Waals surface area contributed by atoms with Gasteiger partial charge in [-0.1, -0.05) is 0 Å². The summed E-state index contributed by atoms with van der Waals surface area (Å²) in [5.41, 5.74) is 1.35. The Morgan fingerprint density at radius 3 is 2.45 bits per heavy atom. The molecule has 0 bridgehead atoms. The number of fused-ring (bicyclic) bond motifs is 2. The van der Waals surface area contributed by atoms with Gasteiger partial charge in [0.1, 0.15) is 5.82 Å². The molecule has 0 N–H and O–H groups in total. The van der Waals surface area contributed by atoms with Crippen LogP contribution >= 0.6 is 0 Å². The van der Waals surface area contributed by atoms with Crippen LogP contribution in [-0.4, -0.2) is 37.0 Å². The molecule has 1 saturated heterocycles. The highest BCUT2D eigenvalue weighted by molar-refractivity contribution is 6.07. The number of carbonyl (C=O) groups excluding carboxylic acids is 1. The van der Waals surface area contributed by atoms with E-state index in [4.69, 9.17) is 0 Å². The zero-order valence-corrected chi connectivity index (χ0v) is 16.1. The standard InChI is InChI=1S/C23H23F3N2O/c24-17-4-6-21-18(12-17)23(7-9-27(10-8-23)13-15-1-2-15)14-28(21)22(29)16-3-5-19(25)20(26)11-16/h3-6,11-12,15H,1-2,7-10,13-14H2. The van der Waals surface area contributed by atoms with Crippen LogP contribution in [0.2, 0.25) is 0 Å². The number of hydrogen-bond acceptors (Lipinski definition) is 2. The zero-order chi connectivity index (χ0) is 20.2. The Balaban J connectivity index is 1.44. The van der Waals surface area contributed by atoms with E-state index in [2.05, 4.69) is 4.90 Å². The summed E-state index contributed by atoms with van der Waals surface area (Å²) in [6.45, 7) is 3.43. The summed E-state index contributed by atoms with van der Waals surface area (Å²) in [5.74, 6) is -1.90. The number of carbonyl (C=O) groups is 1. The molecule has 5 rings (SSSR count). The van der Waals surface area contributed by atoms with E-state index in [-0.39, 0.29) is 22.7 Å². The van der Waals surface area contributed by atoms with Crippen LogP contribution in [0.3, 0.4) is 0 Å². The number of anilines is 1. The average molecular weight is 400 g/mol. The molecule has 2 aromatic carbocycles. The van der Waals surface area contributed by atoms with Gasteiger partial charge in [0.2, 0.25) is 0 Å². The van der Waals surface area contributed by atoms with E-state index in [9.17, 15) is 18.0 Å².